The van der Waals surface area contributed by atoms with Crippen LogP contribution in [0.15, 0.2) is 18.3 Å². The van der Waals surface area contributed by atoms with E-state index in [9.17, 15) is 4.39 Å². The maximum atomic E-state index is 13.7. The van der Waals surface area contributed by atoms with Crippen LogP contribution in [0, 0.1) is 11.7 Å². The quantitative estimate of drug-likeness (QED) is 0.886. The Labute approximate surface area is 107 Å². The van der Waals surface area contributed by atoms with Crippen molar-refractivity contribution in [2.45, 2.75) is 31.7 Å². The van der Waals surface area contributed by atoms with E-state index in [0.717, 1.165) is 32.1 Å². The predicted molar refractivity (Wildman–Crippen MR) is 70.2 cm³/mol. The molecular weight excluding hydrogens is 229 g/mol. The molecular formula is C14H20FN3. The molecule has 3 rings (SSSR count). The minimum absolute atomic E-state index is 0.201. The summed E-state index contributed by atoms with van der Waals surface area (Å²) in [5, 5.41) is 3.57. The standard InChI is InChI=1S/C14H20FN3/c15-13-4-1-7-16-14(13)18-8-2-3-11(10-18)9-17-12-5-6-12/h1,4,7,11-12,17H,2-3,5-6,8-10H2. The van der Waals surface area contributed by atoms with Gasteiger partial charge in [-0.25, -0.2) is 9.37 Å². The third-order valence-corrected chi connectivity index (χ3v) is 3.83. The van der Waals surface area contributed by atoms with E-state index in [1.165, 1.54) is 25.3 Å². The van der Waals surface area contributed by atoms with E-state index in [1.54, 1.807) is 12.3 Å². The molecule has 1 saturated carbocycles. The summed E-state index contributed by atoms with van der Waals surface area (Å²) in [5.74, 6) is 0.947. The second kappa shape index (κ2) is 5.22. The zero-order valence-electron chi connectivity index (χ0n) is 10.6. The summed E-state index contributed by atoms with van der Waals surface area (Å²) in [5.41, 5.74) is 0. The highest BCUT2D eigenvalue weighted by Crippen LogP contribution is 2.24. The number of aromatic nitrogens is 1. The summed E-state index contributed by atoms with van der Waals surface area (Å²) >= 11 is 0. The molecule has 0 radical (unpaired) electrons. The van der Waals surface area contributed by atoms with Crippen LogP contribution in [0.2, 0.25) is 0 Å². The molecule has 18 heavy (non-hydrogen) atoms. The molecule has 1 saturated heterocycles. The molecule has 0 aromatic carbocycles. The number of piperidine rings is 1. The van der Waals surface area contributed by atoms with E-state index >= 15 is 0 Å². The first kappa shape index (κ1) is 11.9. The van der Waals surface area contributed by atoms with E-state index in [0.29, 0.717) is 11.7 Å². The first-order chi connectivity index (χ1) is 8.83. The van der Waals surface area contributed by atoms with E-state index < -0.39 is 0 Å². The average Bonchev–Trinajstić information content (AvgIpc) is 3.21. The van der Waals surface area contributed by atoms with Gasteiger partial charge in [-0.15, -0.1) is 0 Å². The molecule has 1 aromatic rings. The van der Waals surface area contributed by atoms with Crippen LogP contribution in [0.4, 0.5) is 10.2 Å². The van der Waals surface area contributed by atoms with Gasteiger partial charge in [-0.1, -0.05) is 0 Å². The molecule has 1 N–H and O–H groups in total. The van der Waals surface area contributed by atoms with Crippen molar-refractivity contribution in [3.8, 4) is 0 Å². The number of halogens is 1. The lowest BCUT2D eigenvalue weighted by molar-refractivity contribution is 0.387. The Morgan fingerprint density at radius 2 is 2.28 bits per heavy atom. The van der Waals surface area contributed by atoms with Gasteiger partial charge in [0.1, 0.15) is 0 Å². The molecule has 1 atom stereocenters. The van der Waals surface area contributed by atoms with Gasteiger partial charge in [0.05, 0.1) is 0 Å². The number of anilines is 1. The lowest BCUT2D eigenvalue weighted by Gasteiger charge is -2.33. The average molecular weight is 249 g/mol. The molecule has 3 nitrogen and oxygen atoms in total. The summed E-state index contributed by atoms with van der Waals surface area (Å²) in [6.07, 6.45) is 6.69. The van der Waals surface area contributed by atoms with Crippen LogP contribution in [0.3, 0.4) is 0 Å². The van der Waals surface area contributed by atoms with Crippen molar-refractivity contribution < 1.29 is 4.39 Å². The summed E-state index contributed by atoms with van der Waals surface area (Å²) in [6.45, 7) is 2.91. The Hall–Kier alpha value is -1.16. The Balaban J connectivity index is 1.60. The second-order valence-corrected chi connectivity index (χ2v) is 5.45. The molecule has 4 heteroatoms. The van der Waals surface area contributed by atoms with Crippen molar-refractivity contribution in [2.24, 2.45) is 5.92 Å². The molecule has 0 amide bonds. The van der Waals surface area contributed by atoms with Crippen LogP contribution in [-0.2, 0) is 0 Å². The lowest BCUT2D eigenvalue weighted by atomic mass is 9.98. The number of rotatable bonds is 4. The molecule has 1 aliphatic heterocycles. The molecule has 1 aromatic heterocycles. The molecule has 2 aliphatic rings. The largest absolute Gasteiger partial charge is 0.354 e. The summed E-state index contributed by atoms with van der Waals surface area (Å²) in [7, 11) is 0. The SMILES string of the molecule is Fc1cccnc1N1CCCC(CNC2CC2)C1. The Kier molecular flexibility index (Phi) is 3.46. The third kappa shape index (κ3) is 2.80. The van der Waals surface area contributed by atoms with E-state index in [1.807, 2.05) is 0 Å². The van der Waals surface area contributed by atoms with Gasteiger partial charge >= 0.3 is 0 Å². The van der Waals surface area contributed by atoms with Crippen molar-refractivity contribution in [1.82, 2.24) is 10.3 Å². The van der Waals surface area contributed by atoms with Crippen molar-refractivity contribution in [1.29, 1.82) is 0 Å². The van der Waals surface area contributed by atoms with Crippen LogP contribution in [0.25, 0.3) is 0 Å². The van der Waals surface area contributed by atoms with Gasteiger partial charge in [-0.2, -0.15) is 0 Å². The van der Waals surface area contributed by atoms with Gasteiger partial charge in [0.2, 0.25) is 0 Å². The first-order valence-electron chi connectivity index (χ1n) is 6.92. The highest BCUT2D eigenvalue weighted by Gasteiger charge is 2.26. The third-order valence-electron chi connectivity index (χ3n) is 3.83. The fourth-order valence-corrected chi connectivity index (χ4v) is 2.65. The normalized spacial score (nSPS) is 24.3. The number of nitrogens with zero attached hydrogens (tertiary/aromatic N) is 2. The maximum absolute atomic E-state index is 13.7. The lowest BCUT2D eigenvalue weighted by Crippen LogP contribution is -2.40. The summed E-state index contributed by atoms with van der Waals surface area (Å²) in [6, 6.07) is 3.90. The van der Waals surface area contributed by atoms with Gasteiger partial charge < -0.3 is 10.2 Å². The molecule has 98 valence electrons. The van der Waals surface area contributed by atoms with Crippen LogP contribution < -0.4 is 10.2 Å². The van der Waals surface area contributed by atoms with E-state index in [4.69, 9.17) is 0 Å². The van der Waals surface area contributed by atoms with Crippen molar-refractivity contribution >= 4 is 5.82 Å². The van der Waals surface area contributed by atoms with Crippen molar-refractivity contribution in [2.75, 3.05) is 24.5 Å². The van der Waals surface area contributed by atoms with Gasteiger partial charge in [0.25, 0.3) is 0 Å². The van der Waals surface area contributed by atoms with Gasteiger partial charge in [0, 0.05) is 25.3 Å². The molecule has 2 fully saturated rings. The van der Waals surface area contributed by atoms with Crippen LogP contribution in [0.1, 0.15) is 25.7 Å². The minimum atomic E-state index is -0.201. The number of hydrogen-bond donors (Lipinski definition) is 1. The number of nitrogens with one attached hydrogen (secondary N) is 1. The minimum Gasteiger partial charge on any atom is -0.354 e. The Bertz CT molecular complexity index is 406. The van der Waals surface area contributed by atoms with Crippen LogP contribution in [0.5, 0.6) is 0 Å². The molecule has 1 aliphatic carbocycles. The monoisotopic (exact) mass is 249 g/mol. The zero-order chi connectivity index (χ0) is 12.4. The molecule has 0 bridgehead atoms. The fourth-order valence-electron chi connectivity index (χ4n) is 2.65. The zero-order valence-corrected chi connectivity index (χ0v) is 10.6. The van der Waals surface area contributed by atoms with Gasteiger partial charge in [-0.3, -0.25) is 0 Å². The second-order valence-electron chi connectivity index (χ2n) is 5.45. The highest BCUT2D eigenvalue weighted by atomic mass is 19.1. The maximum Gasteiger partial charge on any atom is 0.165 e. The van der Waals surface area contributed by atoms with E-state index in [2.05, 4.69) is 15.2 Å². The number of hydrogen-bond acceptors (Lipinski definition) is 3. The van der Waals surface area contributed by atoms with E-state index in [-0.39, 0.29) is 5.82 Å². The Morgan fingerprint density at radius 1 is 1.39 bits per heavy atom. The van der Waals surface area contributed by atoms with Crippen molar-refractivity contribution in [3.05, 3.63) is 24.1 Å². The molecule has 0 spiro atoms. The molecule has 1 unspecified atom stereocenters. The predicted octanol–water partition coefficient (Wildman–Crippen LogP) is 2.19. The molecule has 2 heterocycles. The van der Waals surface area contributed by atoms with Crippen LogP contribution in [-0.4, -0.2) is 30.7 Å². The first-order valence-corrected chi connectivity index (χ1v) is 6.92. The smallest absolute Gasteiger partial charge is 0.165 e. The van der Waals surface area contributed by atoms with Crippen molar-refractivity contribution in [3.63, 3.8) is 0 Å². The number of pyridine rings is 1. The van der Waals surface area contributed by atoms with Gasteiger partial charge in [0.15, 0.2) is 11.6 Å². The Morgan fingerprint density at radius 3 is 3.06 bits per heavy atom. The van der Waals surface area contributed by atoms with Gasteiger partial charge in [-0.05, 0) is 50.3 Å². The summed E-state index contributed by atoms with van der Waals surface area (Å²) in [4.78, 5) is 6.27. The fraction of sp³-hybridized carbons (Fsp3) is 0.643. The topological polar surface area (TPSA) is 28.2 Å². The van der Waals surface area contributed by atoms with Crippen LogP contribution >= 0.6 is 0 Å². The summed E-state index contributed by atoms with van der Waals surface area (Å²) < 4.78 is 13.7. The highest BCUT2D eigenvalue weighted by molar-refractivity contribution is 5.40.